The van der Waals surface area contributed by atoms with Crippen LogP contribution in [0.2, 0.25) is 0 Å². The molecule has 154 valence electrons. The molecule has 3 nitrogen and oxygen atoms in total. The molecule has 0 bridgehead atoms. The Kier molecular flexibility index (Phi) is 7.30. The van der Waals surface area contributed by atoms with E-state index in [0.29, 0.717) is 17.5 Å². The van der Waals surface area contributed by atoms with Crippen molar-refractivity contribution >= 4 is 20.0 Å². The van der Waals surface area contributed by atoms with Gasteiger partial charge in [-0.3, -0.25) is 14.2 Å². The first-order valence-electron chi connectivity index (χ1n) is 10.2. The molecule has 0 spiro atoms. The van der Waals surface area contributed by atoms with E-state index in [1.165, 1.54) is 0 Å². The van der Waals surface area contributed by atoms with Gasteiger partial charge in [-0.25, -0.2) is 0 Å². The summed E-state index contributed by atoms with van der Waals surface area (Å²) in [7, 11) is -0.436. The highest BCUT2D eigenvalue weighted by molar-refractivity contribution is 7.30. The van der Waals surface area contributed by atoms with Gasteiger partial charge in [-0.1, -0.05) is 55.2 Å². The van der Waals surface area contributed by atoms with Gasteiger partial charge >= 0.3 is 0 Å². The van der Waals surface area contributed by atoms with Crippen LogP contribution in [0.15, 0.2) is 24.3 Å². The van der Waals surface area contributed by atoms with Crippen LogP contribution >= 0.6 is 8.46 Å². The van der Waals surface area contributed by atoms with Gasteiger partial charge in [0.15, 0.2) is 25.2 Å². The Labute approximate surface area is 176 Å². The molecular weight excluding hydrogens is 379 g/mol. The van der Waals surface area contributed by atoms with Gasteiger partial charge in [0, 0.05) is 11.1 Å². The van der Waals surface area contributed by atoms with Crippen LogP contribution in [0.4, 0.5) is 0 Å². The summed E-state index contributed by atoms with van der Waals surface area (Å²) in [5.41, 5.74) is 6.45. The molecule has 0 amide bonds. The number of hydrogen-bond donors (Lipinski definition) is 0. The molecule has 0 unspecified atom stereocenters. The van der Waals surface area contributed by atoms with Crippen LogP contribution < -0.4 is 0 Å². The van der Waals surface area contributed by atoms with E-state index < -0.39 is 13.6 Å². The predicted molar refractivity (Wildman–Crippen MR) is 120 cm³/mol. The first-order chi connectivity index (χ1) is 13.6. The van der Waals surface area contributed by atoms with Crippen molar-refractivity contribution < 1.29 is 14.2 Å². The number of carbonyl (C=O) groups excluding carboxylic acids is 2. The van der Waals surface area contributed by atoms with Crippen molar-refractivity contribution in [1.82, 2.24) is 0 Å². The molecule has 0 aliphatic heterocycles. The normalized spacial score (nSPS) is 11.7. The van der Waals surface area contributed by atoms with Crippen LogP contribution in [-0.4, -0.2) is 16.7 Å². The molecule has 29 heavy (non-hydrogen) atoms. The maximum Gasteiger partial charge on any atom is 0.188 e. The quantitative estimate of drug-likeness (QED) is 0.272. The van der Waals surface area contributed by atoms with E-state index in [2.05, 4.69) is 0 Å². The van der Waals surface area contributed by atoms with Crippen molar-refractivity contribution in [1.29, 1.82) is 0 Å². The first kappa shape index (κ1) is 23.2. The minimum Gasteiger partial charge on any atom is -0.292 e. The highest BCUT2D eigenvalue weighted by Gasteiger charge is 2.48. The molecule has 2 aromatic carbocycles. The van der Waals surface area contributed by atoms with Crippen molar-refractivity contribution in [2.24, 2.45) is 0 Å². The van der Waals surface area contributed by atoms with Gasteiger partial charge in [0.05, 0.1) is 0 Å². The summed E-state index contributed by atoms with van der Waals surface area (Å²) in [6.07, 6.45) is 1.74. The number of aryl methyl sites for hydroxylation is 6. The first-order valence-corrected chi connectivity index (χ1v) is 11.0. The van der Waals surface area contributed by atoms with Crippen LogP contribution in [-0.2, 0) is 4.57 Å². The van der Waals surface area contributed by atoms with E-state index in [9.17, 15) is 14.2 Å². The van der Waals surface area contributed by atoms with E-state index >= 15 is 0 Å². The monoisotopic (exact) mass is 410 g/mol. The second-order valence-electron chi connectivity index (χ2n) is 8.26. The Morgan fingerprint density at radius 2 is 1.10 bits per heavy atom. The van der Waals surface area contributed by atoms with Gasteiger partial charge in [-0.15, -0.1) is 0 Å². The summed E-state index contributed by atoms with van der Waals surface area (Å²) >= 11 is 0. The molecular formula is C25H31O3P. The summed E-state index contributed by atoms with van der Waals surface area (Å²) in [5, 5.41) is -1.59. The summed E-state index contributed by atoms with van der Waals surface area (Å²) in [4.78, 5) is 27.7. The van der Waals surface area contributed by atoms with Crippen molar-refractivity contribution in [2.45, 2.75) is 72.9 Å². The van der Waals surface area contributed by atoms with Gasteiger partial charge in [0.25, 0.3) is 0 Å². The van der Waals surface area contributed by atoms with Crippen LogP contribution in [0.25, 0.3) is 0 Å². The van der Waals surface area contributed by atoms with Crippen molar-refractivity contribution in [3.63, 3.8) is 0 Å². The molecule has 2 aromatic rings. The Morgan fingerprint density at radius 3 is 1.38 bits per heavy atom. The van der Waals surface area contributed by atoms with Gasteiger partial charge in [-0.05, 0) is 70.2 Å². The predicted octanol–water partition coefficient (Wildman–Crippen LogP) is 6.82. The minimum atomic E-state index is -1.59. The Bertz CT molecular complexity index is 857. The molecule has 2 rings (SSSR count). The molecule has 0 N–H and O–H groups in total. The van der Waals surface area contributed by atoms with E-state index in [4.69, 9.17) is 0 Å². The lowest BCUT2D eigenvalue weighted by molar-refractivity contribution is 0.0823. The van der Waals surface area contributed by atoms with Crippen molar-refractivity contribution in [3.05, 3.63) is 68.8 Å². The molecule has 0 atom stereocenters. The fraction of sp³-hybridized carbons (Fsp3) is 0.440. The van der Waals surface area contributed by atoms with Crippen molar-refractivity contribution in [3.8, 4) is 0 Å². The molecule has 0 heterocycles. The number of rotatable bonds is 8. The third kappa shape index (κ3) is 4.41. The minimum absolute atomic E-state index is 0.270. The average molecular weight is 410 g/mol. The topological polar surface area (TPSA) is 51.2 Å². The summed E-state index contributed by atoms with van der Waals surface area (Å²) in [6.45, 7) is 13.5. The zero-order valence-corrected chi connectivity index (χ0v) is 19.5. The zero-order chi connectivity index (χ0) is 21.9. The van der Waals surface area contributed by atoms with Gasteiger partial charge in [0.2, 0.25) is 0 Å². The molecule has 0 radical (unpaired) electrons. The van der Waals surface area contributed by atoms with Gasteiger partial charge < -0.3 is 0 Å². The number of Topliss-reactive ketones (excluding diaryl/α,β-unsaturated/α-hetero) is 2. The Morgan fingerprint density at radius 1 is 0.759 bits per heavy atom. The fourth-order valence-corrected chi connectivity index (χ4v) is 5.02. The van der Waals surface area contributed by atoms with Crippen molar-refractivity contribution in [2.75, 3.05) is 0 Å². The lowest BCUT2D eigenvalue weighted by atomic mass is 9.80. The lowest BCUT2D eigenvalue weighted by Gasteiger charge is -2.27. The third-order valence-corrected chi connectivity index (χ3v) is 6.55. The molecule has 0 aromatic heterocycles. The van der Waals surface area contributed by atoms with E-state index in [-0.39, 0.29) is 18.0 Å². The molecule has 0 aliphatic carbocycles. The molecule has 0 fully saturated rings. The highest BCUT2D eigenvalue weighted by Crippen LogP contribution is 2.39. The fourth-order valence-electron chi connectivity index (χ4n) is 4.38. The zero-order valence-electron chi connectivity index (χ0n) is 18.6. The van der Waals surface area contributed by atoms with E-state index in [0.717, 1.165) is 39.8 Å². The number of carbonyl (C=O) groups is 2. The molecule has 0 aliphatic rings. The van der Waals surface area contributed by atoms with Crippen LogP contribution in [0, 0.1) is 41.5 Å². The smallest absolute Gasteiger partial charge is 0.188 e. The van der Waals surface area contributed by atoms with Gasteiger partial charge in [0.1, 0.15) is 0 Å². The molecule has 0 saturated carbocycles. The van der Waals surface area contributed by atoms with Crippen LogP contribution in [0.1, 0.15) is 80.3 Å². The van der Waals surface area contributed by atoms with Gasteiger partial charge in [-0.2, -0.15) is 0 Å². The summed E-state index contributed by atoms with van der Waals surface area (Å²) in [5.74, 6) is -0.663. The second-order valence-corrected chi connectivity index (χ2v) is 9.21. The van der Waals surface area contributed by atoms with E-state index in [1.54, 1.807) is 0 Å². The van der Waals surface area contributed by atoms with Crippen LogP contribution in [0.3, 0.4) is 0 Å². The number of hydrogen-bond acceptors (Lipinski definition) is 3. The Hall–Kier alpha value is -2.12. The third-order valence-electron chi connectivity index (χ3n) is 5.61. The molecule has 0 saturated heterocycles. The summed E-state index contributed by atoms with van der Waals surface area (Å²) in [6, 6.07) is 7.78. The van der Waals surface area contributed by atoms with Crippen LogP contribution in [0.5, 0.6) is 0 Å². The Balaban J connectivity index is 2.74. The summed E-state index contributed by atoms with van der Waals surface area (Å²) < 4.78 is 12.6. The number of ketones is 2. The maximum absolute atomic E-state index is 13.8. The SMILES string of the molecule is CCCCC(P=O)(C(=O)c1c(C)cc(C)cc1C)C(=O)c1c(C)cc(C)cc1C. The van der Waals surface area contributed by atoms with E-state index in [1.807, 2.05) is 72.7 Å². The average Bonchev–Trinajstić information content (AvgIpc) is 2.61. The molecule has 4 heteroatoms. The number of benzene rings is 2. The lowest BCUT2D eigenvalue weighted by Crippen LogP contribution is -2.43. The maximum atomic E-state index is 13.8. The highest BCUT2D eigenvalue weighted by atomic mass is 31.1. The number of unbranched alkanes of at least 4 members (excludes halogenated alkanes) is 1. The standard InChI is InChI=1S/C25H31O3P/c1-8-9-10-25(29-28,23(26)21-17(4)11-15(2)12-18(21)5)24(27)22-19(6)13-16(3)14-20(22)7/h11-14H,8-10H2,1-7H3. The largest absolute Gasteiger partial charge is 0.292 e. The second kappa shape index (κ2) is 9.13.